The summed E-state index contributed by atoms with van der Waals surface area (Å²) in [6.07, 6.45) is 5.70. The second kappa shape index (κ2) is 5.79. The first-order valence-electron chi connectivity index (χ1n) is 5.99. The fourth-order valence-corrected chi connectivity index (χ4v) is 3.53. The molecule has 1 saturated heterocycles. The minimum atomic E-state index is -3.56. The molecule has 0 spiro atoms. The van der Waals surface area contributed by atoms with E-state index in [4.69, 9.17) is 0 Å². The number of aromatic nitrogens is 2. The third kappa shape index (κ3) is 3.08. The van der Waals surface area contributed by atoms with Crippen LogP contribution in [0.4, 0.5) is 0 Å². The van der Waals surface area contributed by atoms with Gasteiger partial charge in [-0.25, -0.2) is 4.98 Å². The van der Waals surface area contributed by atoms with Crippen LogP contribution in [0.2, 0.25) is 0 Å². The Hall–Kier alpha value is -0.960. The van der Waals surface area contributed by atoms with Crippen LogP contribution in [0.3, 0.4) is 0 Å². The van der Waals surface area contributed by atoms with Gasteiger partial charge in [0, 0.05) is 25.0 Å². The van der Waals surface area contributed by atoms with Crippen molar-refractivity contribution < 1.29 is 13.5 Å². The lowest BCUT2D eigenvalue weighted by Gasteiger charge is -2.33. The molecule has 18 heavy (non-hydrogen) atoms. The summed E-state index contributed by atoms with van der Waals surface area (Å²) in [6, 6.07) is -0.312. The van der Waals surface area contributed by atoms with Gasteiger partial charge >= 0.3 is 0 Å². The molecule has 0 bridgehead atoms. The quantitative estimate of drug-likeness (QED) is 0.680. The Morgan fingerprint density at radius 2 is 2.39 bits per heavy atom. The van der Waals surface area contributed by atoms with Crippen molar-refractivity contribution in [2.24, 2.45) is 0 Å². The SMILES string of the molecule is O=S(=O)(NCc1ncc[nH]1)N1CCCCC1CO. The summed E-state index contributed by atoms with van der Waals surface area (Å²) >= 11 is 0. The van der Waals surface area contributed by atoms with Crippen LogP contribution in [0, 0.1) is 0 Å². The fourth-order valence-electron chi connectivity index (χ4n) is 2.11. The lowest BCUT2D eigenvalue weighted by Crippen LogP contribution is -2.50. The molecule has 2 rings (SSSR count). The van der Waals surface area contributed by atoms with Crippen molar-refractivity contribution in [3.63, 3.8) is 0 Å². The molecule has 1 atom stereocenters. The van der Waals surface area contributed by atoms with Crippen LogP contribution in [0.5, 0.6) is 0 Å². The monoisotopic (exact) mass is 274 g/mol. The summed E-state index contributed by atoms with van der Waals surface area (Å²) in [5.74, 6) is 0.566. The van der Waals surface area contributed by atoms with E-state index in [1.165, 1.54) is 4.31 Å². The van der Waals surface area contributed by atoms with Gasteiger partial charge in [-0.05, 0) is 12.8 Å². The van der Waals surface area contributed by atoms with Crippen LogP contribution in [-0.4, -0.2) is 47.0 Å². The number of aromatic amines is 1. The predicted molar refractivity (Wildman–Crippen MR) is 65.8 cm³/mol. The molecule has 3 N–H and O–H groups in total. The first kappa shape index (κ1) is 13.5. The molecule has 0 amide bonds. The van der Waals surface area contributed by atoms with Gasteiger partial charge in [0.05, 0.1) is 13.2 Å². The molecular formula is C10H18N4O3S. The van der Waals surface area contributed by atoms with E-state index in [1.54, 1.807) is 12.4 Å². The van der Waals surface area contributed by atoms with E-state index in [9.17, 15) is 13.5 Å². The van der Waals surface area contributed by atoms with Gasteiger partial charge in [0.15, 0.2) is 0 Å². The molecule has 1 aliphatic rings. The third-order valence-corrected chi connectivity index (χ3v) is 4.68. The number of imidazole rings is 1. The molecule has 0 aliphatic carbocycles. The average Bonchev–Trinajstić information content (AvgIpc) is 2.89. The van der Waals surface area contributed by atoms with Gasteiger partial charge in [0.2, 0.25) is 0 Å². The first-order chi connectivity index (χ1) is 8.63. The predicted octanol–water partition coefficient (Wildman–Crippen LogP) is -0.409. The maximum atomic E-state index is 12.1. The number of aliphatic hydroxyl groups is 1. The number of rotatable bonds is 5. The van der Waals surface area contributed by atoms with Crippen molar-refractivity contribution in [1.82, 2.24) is 19.0 Å². The highest BCUT2D eigenvalue weighted by Gasteiger charge is 2.31. The smallest absolute Gasteiger partial charge is 0.280 e. The number of nitrogens with one attached hydrogen (secondary N) is 2. The molecule has 0 saturated carbocycles. The maximum absolute atomic E-state index is 12.1. The zero-order chi connectivity index (χ0) is 13.0. The van der Waals surface area contributed by atoms with E-state index in [0.29, 0.717) is 18.8 Å². The molecule has 8 heteroatoms. The highest BCUT2D eigenvalue weighted by atomic mass is 32.2. The minimum absolute atomic E-state index is 0.129. The van der Waals surface area contributed by atoms with E-state index < -0.39 is 10.2 Å². The molecule has 1 fully saturated rings. The van der Waals surface area contributed by atoms with Gasteiger partial charge in [-0.3, -0.25) is 0 Å². The Morgan fingerprint density at radius 1 is 1.56 bits per heavy atom. The molecule has 0 aromatic carbocycles. The van der Waals surface area contributed by atoms with E-state index in [2.05, 4.69) is 14.7 Å². The molecule has 1 aliphatic heterocycles. The summed E-state index contributed by atoms with van der Waals surface area (Å²) in [5.41, 5.74) is 0. The molecule has 0 radical (unpaired) electrons. The Labute approximate surface area is 106 Å². The van der Waals surface area contributed by atoms with Crippen LogP contribution < -0.4 is 4.72 Å². The van der Waals surface area contributed by atoms with Gasteiger partial charge in [0.1, 0.15) is 5.82 Å². The zero-order valence-electron chi connectivity index (χ0n) is 10.0. The van der Waals surface area contributed by atoms with Crippen molar-refractivity contribution in [3.05, 3.63) is 18.2 Å². The van der Waals surface area contributed by atoms with Crippen molar-refractivity contribution in [1.29, 1.82) is 0 Å². The molecular weight excluding hydrogens is 256 g/mol. The first-order valence-corrected chi connectivity index (χ1v) is 7.43. The number of H-pyrrole nitrogens is 1. The van der Waals surface area contributed by atoms with E-state index in [-0.39, 0.29) is 19.2 Å². The van der Waals surface area contributed by atoms with Crippen LogP contribution in [0.15, 0.2) is 12.4 Å². The normalized spacial score (nSPS) is 22.2. The second-order valence-corrected chi connectivity index (χ2v) is 6.01. The zero-order valence-corrected chi connectivity index (χ0v) is 10.9. The van der Waals surface area contributed by atoms with Gasteiger partial charge in [-0.1, -0.05) is 6.42 Å². The van der Waals surface area contributed by atoms with Gasteiger partial charge in [0.25, 0.3) is 10.2 Å². The Bertz CT molecular complexity index is 459. The summed E-state index contributed by atoms with van der Waals surface area (Å²) < 4.78 is 28.1. The standard InChI is InChI=1S/C10H18N4O3S/c15-8-9-3-1-2-6-14(9)18(16,17)13-7-10-11-4-5-12-10/h4-5,9,13,15H,1-3,6-8H2,(H,11,12). The van der Waals surface area contributed by atoms with Gasteiger partial charge < -0.3 is 10.1 Å². The Balaban J connectivity index is 2.00. The van der Waals surface area contributed by atoms with E-state index in [1.807, 2.05) is 0 Å². The van der Waals surface area contributed by atoms with Crippen LogP contribution in [0.25, 0.3) is 0 Å². The lowest BCUT2D eigenvalue weighted by molar-refractivity contribution is 0.154. The second-order valence-electron chi connectivity index (χ2n) is 4.30. The number of hydrogen-bond acceptors (Lipinski definition) is 4. The number of nitrogens with zero attached hydrogens (tertiary/aromatic N) is 2. The van der Waals surface area contributed by atoms with Crippen molar-refractivity contribution >= 4 is 10.2 Å². The third-order valence-electron chi connectivity index (χ3n) is 3.07. The Morgan fingerprint density at radius 3 is 3.06 bits per heavy atom. The van der Waals surface area contributed by atoms with Crippen LogP contribution in [-0.2, 0) is 16.8 Å². The lowest BCUT2D eigenvalue weighted by atomic mass is 10.1. The molecule has 2 heterocycles. The molecule has 1 unspecified atom stereocenters. The molecule has 7 nitrogen and oxygen atoms in total. The van der Waals surface area contributed by atoms with Crippen molar-refractivity contribution in [3.8, 4) is 0 Å². The number of hydrogen-bond donors (Lipinski definition) is 3. The maximum Gasteiger partial charge on any atom is 0.280 e. The molecule has 1 aromatic rings. The van der Waals surface area contributed by atoms with E-state index in [0.717, 1.165) is 12.8 Å². The summed E-state index contributed by atoms with van der Waals surface area (Å²) in [6.45, 7) is 0.449. The van der Waals surface area contributed by atoms with Crippen LogP contribution in [0.1, 0.15) is 25.1 Å². The number of aliphatic hydroxyl groups excluding tert-OH is 1. The van der Waals surface area contributed by atoms with Crippen LogP contribution >= 0.6 is 0 Å². The molecule has 102 valence electrons. The van der Waals surface area contributed by atoms with Gasteiger partial charge in [-0.15, -0.1) is 0 Å². The molecule has 1 aromatic heterocycles. The largest absolute Gasteiger partial charge is 0.395 e. The number of piperidine rings is 1. The van der Waals surface area contributed by atoms with E-state index >= 15 is 0 Å². The minimum Gasteiger partial charge on any atom is -0.395 e. The summed E-state index contributed by atoms with van der Waals surface area (Å²) in [5, 5.41) is 9.22. The highest BCUT2D eigenvalue weighted by molar-refractivity contribution is 7.87. The fraction of sp³-hybridized carbons (Fsp3) is 0.700. The Kier molecular flexibility index (Phi) is 4.33. The average molecular weight is 274 g/mol. The van der Waals surface area contributed by atoms with Gasteiger partial charge in [-0.2, -0.15) is 17.4 Å². The summed E-state index contributed by atoms with van der Waals surface area (Å²) in [4.78, 5) is 6.79. The topological polar surface area (TPSA) is 98.3 Å². The highest BCUT2D eigenvalue weighted by Crippen LogP contribution is 2.19. The summed E-state index contributed by atoms with van der Waals surface area (Å²) in [7, 11) is -3.56. The van der Waals surface area contributed by atoms with Crippen molar-refractivity contribution in [2.75, 3.05) is 13.2 Å². The van der Waals surface area contributed by atoms with Crippen molar-refractivity contribution in [2.45, 2.75) is 31.8 Å².